The van der Waals surface area contributed by atoms with Crippen molar-refractivity contribution in [3.63, 3.8) is 0 Å². The van der Waals surface area contributed by atoms with Crippen LogP contribution in [0.15, 0.2) is 84.2 Å². The van der Waals surface area contributed by atoms with Crippen molar-refractivity contribution in [3.05, 3.63) is 90.1 Å². The maximum Gasteiger partial charge on any atom is 2.00 e. The van der Waals surface area contributed by atoms with Crippen LogP contribution in [0.4, 0.5) is 5.69 Å². The van der Waals surface area contributed by atoms with Gasteiger partial charge >= 0.3 is 22.5 Å². The molecule has 153 valence electrons. The number of rotatable bonds is 4. The van der Waals surface area contributed by atoms with Gasteiger partial charge in [0.05, 0.1) is 12.7 Å². The third-order valence-electron chi connectivity index (χ3n) is 3.22. The number of hydrogen-bond donors (Lipinski definition) is 1. The third-order valence-corrected chi connectivity index (χ3v) is 3.43. The molecule has 0 atom stereocenters. The number of anilines is 1. The quantitative estimate of drug-likeness (QED) is 0.213. The van der Waals surface area contributed by atoms with Crippen molar-refractivity contribution in [2.24, 2.45) is 5.10 Å². The minimum absolute atomic E-state index is 0. The zero-order valence-corrected chi connectivity index (χ0v) is 17.5. The van der Waals surface area contributed by atoms with Gasteiger partial charge in [0.2, 0.25) is 10.9 Å². The molecule has 0 aliphatic heterocycles. The van der Waals surface area contributed by atoms with Crippen molar-refractivity contribution in [2.45, 2.75) is 0 Å². The number of aromatic nitrogens is 1. The fourth-order valence-corrected chi connectivity index (χ4v) is 2.14. The summed E-state index contributed by atoms with van der Waals surface area (Å²) in [5.41, 5.74) is 5.43. The van der Waals surface area contributed by atoms with E-state index in [-0.39, 0.29) is 28.0 Å². The van der Waals surface area contributed by atoms with Crippen LogP contribution < -0.4 is 10.1 Å². The summed E-state index contributed by atoms with van der Waals surface area (Å²) in [6.45, 7) is 0. The Hall–Kier alpha value is -2.98. The van der Waals surface area contributed by atoms with E-state index in [2.05, 4.69) is 33.0 Å². The van der Waals surface area contributed by atoms with Gasteiger partial charge in [0.1, 0.15) is 0 Å². The first-order chi connectivity index (χ1) is 13.2. The maximum absolute atomic E-state index is 7.91. The van der Waals surface area contributed by atoms with Crippen molar-refractivity contribution in [3.8, 4) is 11.5 Å². The number of hydrogen-bond acceptors (Lipinski definition) is 4. The fourth-order valence-electron chi connectivity index (χ4n) is 1.96. The summed E-state index contributed by atoms with van der Waals surface area (Å²) in [6.07, 6.45) is 4.99. The van der Waals surface area contributed by atoms with E-state index in [1.165, 1.54) is 13.3 Å². The molecule has 1 radical (unpaired) electrons. The molecule has 3 aromatic rings. The Kier molecular flexibility index (Phi) is 13.5. The van der Waals surface area contributed by atoms with Crippen molar-refractivity contribution in [2.75, 3.05) is 12.4 Å². The molecule has 29 heavy (non-hydrogen) atoms. The molecular formula is C20H22CoN4O3S+2. The Balaban J connectivity index is 0.000000843. The first-order valence-corrected chi connectivity index (χ1v) is 8.51. The van der Waals surface area contributed by atoms with Crippen molar-refractivity contribution >= 4 is 29.2 Å². The van der Waals surface area contributed by atoms with Crippen molar-refractivity contribution < 1.29 is 32.1 Å². The average molecular weight is 457 g/mol. The normalized spacial score (nSPS) is 9.14. The topological polar surface area (TPSA) is 114 Å². The molecule has 0 spiro atoms. The summed E-state index contributed by atoms with van der Waals surface area (Å²) in [5, 5.41) is 15.2. The molecule has 1 aromatic heterocycles. The molecule has 0 fully saturated rings. The van der Waals surface area contributed by atoms with E-state index in [0.717, 1.165) is 5.69 Å². The summed E-state index contributed by atoms with van der Waals surface area (Å²) in [5.74, 6) is 0.770. The van der Waals surface area contributed by atoms with Crippen LogP contribution in [0.5, 0.6) is 11.5 Å². The van der Waals surface area contributed by atoms with Crippen LogP contribution in [-0.4, -0.2) is 34.0 Å². The molecule has 0 saturated carbocycles. The minimum atomic E-state index is 0. The van der Waals surface area contributed by atoms with Gasteiger partial charge < -0.3 is 31.2 Å². The van der Waals surface area contributed by atoms with Gasteiger partial charge in [-0.1, -0.05) is 30.3 Å². The van der Waals surface area contributed by atoms with Gasteiger partial charge in [0.25, 0.3) is 0 Å². The predicted molar refractivity (Wildman–Crippen MR) is 117 cm³/mol. The molecule has 3 rings (SSSR count). The van der Waals surface area contributed by atoms with E-state index in [4.69, 9.17) is 9.84 Å². The molecule has 2 aromatic carbocycles. The van der Waals surface area contributed by atoms with E-state index >= 15 is 0 Å². The third kappa shape index (κ3) is 9.67. The summed E-state index contributed by atoms with van der Waals surface area (Å²) in [4.78, 5) is 3.78. The number of benzene rings is 2. The Morgan fingerprint density at radius 2 is 1.72 bits per heavy atom. The SMILES string of the molecule is COc1cccc(C=N[N-]C(=[SH+])Nc2ccccc2)c1[OH2+].[Co+2].[OH-].c1ccncc1. The van der Waals surface area contributed by atoms with Gasteiger partial charge in [-0.2, -0.15) is 0 Å². The Bertz CT molecular complexity index is 841. The molecule has 0 amide bonds. The molecule has 0 unspecified atom stereocenters. The van der Waals surface area contributed by atoms with Crippen molar-refractivity contribution in [1.29, 1.82) is 0 Å². The maximum atomic E-state index is 7.91. The van der Waals surface area contributed by atoms with Crippen LogP contribution in [-0.2, 0) is 29.0 Å². The molecule has 0 bridgehead atoms. The predicted octanol–water partition coefficient (Wildman–Crippen LogP) is 3.22. The number of thiol groups is 1. The monoisotopic (exact) mass is 457 g/mol. The zero-order chi connectivity index (χ0) is 19.3. The average Bonchev–Trinajstić information content (AvgIpc) is 2.72. The van der Waals surface area contributed by atoms with Crippen LogP contribution in [0, 0.1) is 0 Å². The molecule has 9 heteroatoms. The van der Waals surface area contributed by atoms with E-state index in [1.807, 2.05) is 48.5 Å². The first-order valence-electron chi connectivity index (χ1n) is 8.06. The van der Waals surface area contributed by atoms with Gasteiger partial charge in [-0.25, -0.2) is 0 Å². The molecular weight excluding hydrogens is 435 g/mol. The van der Waals surface area contributed by atoms with Crippen LogP contribution in [0.3, 0.4) is 0 Å². The zero-order valence-electron chi connectivity index (χ0n) is 15.6. The van der Waals surface area contributed by atoms with Gasteiger partial charge in [0, 0.05) is 24.3 Å². The number of nitrogens with zero attached hydrogens (tertiary/aromatic N) is 3. The number of ether oxygens (including phenoxy) is 1. The second-order valence-electron chi connectivity index (χ2n) is 5.11. The summed E-state index contributed by atoms with van der Waals surface area (Å²) >= 11 is 4.21. The largest absolute Gasteiger partial charge is 2.00 e. The molecule has 0 aliphatic carbocycles. The van der Waals surface area contributed by atoms with Crippen LogP contribution >= 0.6 is 0 Å². The molecule has 1 heterocycles. The van der Waals surface area contributed by atoms with E-state index in [9.17, 15) is 0 Å². The number of para-hydroxylation sites is 2. The molecule has 7 nitrogen and oxygen atoms in total. The van der Waals surface area contributed by atoms with Crippen LogP contribution in [0.25, 0.3) is 5.43 Å². The Morgan fingerprint density at radius 1 is 1.07 bits per heavy atom. The second kappa shape index (κ2) is 15.0. The van der Waals surface area contributed by atoms with E-state index < -0.39 is 0 Å². The fraction of sp³-hybridized carbons (Fsp3) is 0.0500. The Morgan fingerprint density at radius 3 is 2.28 bits per heavy atom. The number of methoxy groups -OCH3 is 1. The van der Waals surface area contributed by atoms with Gasteiger partial charge in [-0.05, 0) is 36.4 Å². The Labute approximate surface area is 185 Å². The first kappa shape index (κ1) is 26.0. The van der Waals surface area contributed by atoms with E-state index in [1.54, 1.807) is 30.6 Å². The smallest absolute Gasteiger partial charge is 0.870 e. The molecule has 0 saturated heterocycles. The van der Waals surface area contributed by atoms with Crippen molar-refractivity contribution in [1.82, 2.24) is 4.98 Å². The second-order valence-corrected chi connectivity index (χ2v) is 5.53. The number of nitrogens with one attached hydrogen (secondary N) is 1. The summed E-state index contributed by atoms with van der Waals surface area (Å²) in [6, 6.07) is 20.6. The van der Waals surface area contributed by atoms with Gasteiger partial charge in [-0.3, -0.25) is 4.98 Å². The molecule has 0 aliphatic rings. The van der Waals surface area contributed by atoms with Gasteiger partial charge in [0.15, 0.2) is 12.2 Å². The summed E-state index contributed by atoms with van der Waals surface area (Å²) < 4.78 is 5.08. The van der Waals surface area contributed by atoms with E-state index in [0.29, 0.717) is 16.4 Å². The van der Waals surface area contributed by atoms with Gasteiger partial charge in [-0.15, -0.1) is 0 Å². The summed E-state index contributed by atoms with van der Waals surface area (Å²) in [7, 11) is 1.53. The minimum Gasteiger partial charge on any atom is -0.870 e. The number of pyridine rings is 1. The molecule has 4 N–H and O–H groups in total. The van der Waals surface area contributed by atoms with Crippen LogP contribution in [0.2, 0.25) is 0 Å². The standard InChI is InChI=1S/C15H15N3O2S.C5H5N.Co.H2O/c1-20-13-9-5-6-11(14(13)19)10-16-18-15(21)17-12-7-3-2-4-8-12;1-2-4-6-5-3-1;;/h2-10H,1H3,(H3,16,17,18,19,21);1-5H;;1H2/q;;+2;. The van der Waals surface area contributed by atoms with Crippen LogP contribution in [0.1, 0.15) is 5.56 Å².